The number of halogens is 1. The molecule has 7 rings (SSSR count). The fraction of sp³-hybridized carbons (Fsp3) is 0.0870. The quantitative estimate of drug-likeness (QED) is 0.162. The molecule has 2 heteroatoms. The van der Waals surface area contributed by atoms with Gasteiger partial charge in [-0.05, 0) is 80.8 Å². The molecule has 0 aliphatic heterocycles. The summed E-state index contributed by atoms with van der Waals surface area (Å²) in [6.45, 7) is 6.82. The van der Waals surface area contributed by atoms with E-state index in [1.165, 1.54) is 50.1 Å². The van der Waals surface area contributed by atoms with Gasteiger partial charge in [-0.2, -0.15) is 0 Å². The molecule has 0 bridgehead atoms. The van der Waals surface area contributed by atoms with Crippen molar-refractivity contribution in [2.75, 3.05) is 4.90 Å². The third-order valence-corrected chi connectivity index (χ3v) is 9.32. The van der Waals surface area contributed by atoms with E-state index in [1.54, 1.807) is 0 Å². The Morgan fingerprint density at radius 3 is 1.38 bits per heavy atom. The van der Waals surface area contributed by atoms with E-state index in [0.29, 0.717) is 0 Å². The Labute approximate surface area is 293 Å². The first-order chi connectivity index (χ1) is 23.3. The highest BCUT2D eigenvalue weighted by Gasteiger charge is 2.24. The molecule has 0 N–H and O–H groups in total. The second-order valence-corrected chi connectivity index (χ2v) is 14.1. The Bertz CT molecular complexity index is 2090. The second-order valence-electron chi connectivity index (χ2n) is 13.2. The van der Waals surface area contributed by atoms with Crippen LogP contribution in [-0.2, 0) is 5.41 Å². The van der Waals surface area contributed by atoms with Crippen molar-refractivity contribution >= 4 is 33.0 Å². The molecule has 1 nitrogen and oxygen atoms in total. The van der Waals surface area contributed by atoms with Gasteiger partial charge in [0.15, 0.2) is 0 Å². The summed E-state index contributed by atoms with van der Waals surface area (Å²) in [4.78, 5) is 2.44. The van der Waals surface area contributed by atoms with Crippen molar-refractivity contribution in [3.05, 3.63) is 186 Å². The van der Waals surface area contributed by atoms with Crippen molar-refractivity contribution in [1.82, 2.24) is 0 Å². The Balaban J connectivity index is 1.44. The second kappa shape index (κ2) is 13.5. The van der Waals surface area contributed by atoms with Crippen LogP contribution >= 0.6 is 15.9 Å². The molecule has 48 heavy (non-hydrogen) atoms. The van der Waals surface area contributed by atoms with Gasteiger partial charge >= 0.3 is 0 Å². The highest BCUT2D eigenvalue weighted by atomic mass is 79.9. The number of anilines is 3. The molecule has 0 aliphatic rings. The fourth-order valence-electron chi connectivity index (χ4n) is 6.34. The maximum Gasteiger partial charge on any atom is 0.0618 e. The van der Waals surface area contributed by atoms with E-state index in [1.807, 2.05) is 0 Å². The van der Waals surface area contributed by atoms with Crippen LogP contribution in [0.3, 0.4) is 0 Å². The molecule has 7 aromatic rings. The number of hydrogen-bond acceptors (Lipinski definition) is 1. The molecule has 0 fully saturated rings. The van der Waals surface area contributed by atoms with E-state index in [4.69, 9.17) is 0 Å². The predicted molar refractivity (Wildman–Crippen MR) is 209 cm³/mol. The molecule has 0 saturated carbocycles. The first-order valence-electron chi connectivity index (χ1n) is 16.5. The van der Waals surface area contributed by atoms with Crippen LogP contribution in [0.25, 0.3) is 44.5 Å². The first kappa shape index (κ1) is 31.4. The lowest BCUT2D eigenvalue weighted by Crippen LogP contribution is -2.16. The molecule has 0 saturated heterocycles. The van der Waals surface area contributed by atoms with Crippen molar-refractivity contribution in [2.45, 2.75) is 26.2 Å². The van der Waals surface area contributed by atoms with Gasteiger partial charge in [0.25, 0.3) is 0 Å². The molecular weight excluding hydrogens is 646 g/mol. The van der Waals surface area contributed by atoms with Crippen LogP contribution in [0.2, 0.25) is 0 Å². The summed E-state index contributed by atoms with van der Waals surface area (Å²) in [6.07, 6.45) is 0. The molecular formula is C46H38BrN. The standard InChI is InChI=1S/C46H38BrN/c1-46(2,3)39-30-40(47)32-42(31-39)48(41-27-25-34(26-28-41)38-22-13-21-37(29-38)33-15-7-4-8-16-33)45-43(35-17-9-5-10-18-35)23-14-24-44(45)36-19-11-6-12-20-36/h4-32H,1-3H3. The lowest BCUT2D eigenvalue weighted by atomic mass is 9.86. The van der Waals surface area contributed by atoms with Gasteiger partial charge in [-0.25, -0.2) is 0 Å². The molecule has 0 atom stereocenters. The van der Waals surface area contributed by atoms with Gasteiger partial charge in [-0.1, -0.05) is 176 Å². The summed E-state index contributed by atoms with van der Waals surface area (Å²) in [5.74, 6) is 0. The van der Waals surface area contributed by atoms with Crippen LogP contribution in [-0.4, -0.2) is 0 Å². The normalized spacial score (nSPS) is 11.3. The fourth-order valence-corrected chi connectivity index (χ4v) is 6.82. The van der Waals surface area contributed by atoms with E-state index in [0.717, 1.165) is 21.5 Å². The molecule has 234 valence electrons. The third-order valence-electron chi connectivity index (χ3n) is 8.86. The zero-order valence-electron chi connectivity index (χ0n) is 27.6. The largest absolute Gasteiger partial charge is 0.309 e. The summed E-state index contributed by atoms with van der Waals surface area (Å²) in [5.41, 5.74) is 14.1. The van der Waals surface area contributed by atoms with Crippen molar-refractivity contribution in [3.8, 4) is 44.5 Å². The number of nitrogens with zero attached hydrogens (tertiary/aromatic N) is 1. The highest BCUT2D eigenvalue weighted by Crippen LogP contribution is 2.48. The molecule has 0 radical (unpaired) electrons. The maximum atomic E-state index is 3.89. The van der Waals surface area contributed by atoms with E-state index in [9.17, 15) is 0 Å². The molecule has 7 aromatic carbocycles. The van der Waals surface area contributed by atoms with Crippen LogP contribution in [0.4, 0.5) is 17.1 Å². The Hall–Kier alpha value is -5.18. The van der Waals surface area contributed by atoms with Crippen LogP contribution < -0.4 is 4.90 Å². The van der Waals surface area contributed by atoms with Crippen molar-refractivity contribution in [1.29, 1.82) is 0 Å². The third kappa shape index (κ3) is 6.63. The van der Waals surface area contributed by atoms with Crippen LogP contribution in [0.1, 0.15) is 26.3 Å². The van der Waals surface area contributed by atoms with Crippen molar-refractivity contribution < 1.29 is 0 Å². The van der Waals surface area contributed by atoms with Gasteiger partial charge in [0.05, 0.1) is 5.69 Å². The van der Waals surface area contributed by atoms with Crippen molar-refractivity contribution in [2.24, 2.45) is 0 Å². The average Bonchev–Trinajstić information content (AvgIpc) is 3.13. The highest BCUT2D eigenvalue weighted by molar-refractivity contribution is 9.10. The number of benzene rings is 7. The zero-order valence-corrected chi connectivity index (χ0v) is 29.2. The van der Waals surface area contributed by atoms with Gasteiger partial charge in [0.1, 0.15) is 0 Å². The number of hydrogen-bond donors (Lipinski definition) is 0. The molecule has 0 spiro atoms. The minimum atomic E-state index is -0.0287. The molecule has 0 aromatic heterocycles. The summed E-state index contributed by atoms with van der Waals surface area (Å²) in [7, 11) is 0. The summed E-state index contributed by atoms with van der Waals surface area (Å²) < 4.78 is 1.06. The summed E-state index contributed by atoms with van der Waals surface area (Å²) >= 11 is 3.89. The Morgan fingerprint density at radius 1 is 0.396 bits per heavy atom. The van der Waals surface area contributed by atoms with E-state index < -0.39 is 0 Å². The van der Waals surface area contributed by atoms with E-state index in [-0.39, 0.29) is 5.41 Å². The summed E-state index contributed by atoms with van der Waals surface area (Å²) in [6, 6.07) is 63.4. The maximum absolute atomic E-state index is 3.89. The van der Waals surface area contributed by atoms with Gasteiger partial charge in [0.2, 0.25) is 0 Å². The van der Waals surface area contributed by atoms with Crippen LogP contribution in [0.15, 0.2) is 180 Å². The molecule has 0 unspecified atom stereocenters. The van der Waals surface area contributed by atoms with E-state index >= 15 is 0 Å². The minimum absolute atomic E-state index is 0.0287. The Morgan fingerprint density at radius 2 is 0.854 bits per heavy atom. The van der Waals surface area contributed by atoms with Gasteiger partial charge in [-0.3, -0.25) is 0 Å². The lowest BCUT2D eigenvalue weighted by molar-refractivity contribution is 0.590. The van der Waals surface area contributed by atoms with Gasteiger partial charge in [0, 0.05) is 27.0 Å². The zero-order chi connectivity index (χ0) is 33.1. The van der Waals surface area contributed by atoms with Gasteiger partial charge in [-0.15, -0.1) is 0 Å². The SMILES string of the molecule is CC(C)(C)c1cc(Br)cc(N(c2ccc(-c3cccc(-c4ccccc4)c3)cc2)c2c(-c3ccccc3)cccc2-c2ccccc2)c1. The van der Waals surface area contributed by atoms with Crippen LogP contribution in [0, 0.1) is 0 Å². The number of para-hydroxylation sites is 1. The lowest BCUT2D eigenvalue weighted by Gasteiger charge is -2.32. The van der Waals surface area contributed by atoms with E-state index in [2.05, 4.69) is 218 Å². The summed E-state index contributed by atoms with van der Waals surface area (Å²) in [5, 5.41) is 0. The monoisotopic (exact) mass is 683 g/mol. The number of rotatable bonds is 7. The average molecular weight is 685 g/mol. The van der Waals surface area contributed by atoms with Gasteiger partial charge < -0.3 is 4.90 Å². The molecule has 0 amide bonds. The molecule has 0 heterocycles. The predicted octanol–water partition coefficient (Wildman–Crippen LogP) is 13.9. The Kier molecular flexibility index (Phi) is 8.84. The first-order valence-corrected chi connectivity index (χ1v) is 17.3. The smallest absolute Gasteiger partial charge is 0.0618 e. The van der Waals surface area contributed by atoms with Crippen LogP contribution in [0.5, 0.6) is 0 Å². The van der Waals surface area contributed by atoms with Crippen molar-refractivity contribution in [3.63, 3.8) is 0 Å². The minimum Gasteiger partial charge on any atom is -0.309 e. The molecule has 0 aliphatic carbocycles. The topological polar surface area (TPSA) is 3.24 Å².